The normalized spacial score (nSPS) is 12.3. The molecule has 0 aliphatic heterocycles. The summed E-state index contributed by atoms with van der Waals surface area (Å²) in [5.74, 6) is 0.265. The van der Waals surface area contributed by atoms with Gasteiger partial charge in [0, 0.05) is 6.42 Å². The van der Waals surface area contributed by atoms with E-state index >= 15 is 0 Å². The summed E-state index contributed by atoms with van der Waals surface area (Å²) in [5.41, 5.74) is 13.4. The molecule has 0 aliphatic carbocycles. The number of carbonyl (C=O) groups excluding carboxylic acids is 1. The van der Waals surface area contributed by atoms with Gasteiger partial charge in [0.2, 0.25) is 5.91 Å². The minimum Gasteiger partial charge on any atom is -0.370 e. The maximum atomic E-state index is 10.7. The average molecular weight is 248 g/mol. The molecule has 1 aromatic carbocycles. The van der Waals surface area contributed by atoms with E-state index in [4.69, 9.17) is 11.5 Å². The Morgan fingerprint density at radius 3 is 2.78 bits per heavy atom. The molecule has 0 bridgehead atoms. The van der Waals surface area contributed by atoms with Crippen LogP contribution in [-0.2, 0) is 11.2 Å². The van der Waals surface area contributed by atoms with Crippen LogP contribution in [0.4, 0.5) is 0 Å². The van der Waals surface area contributed by atoms with E-state index in [0.717, 1.165) is 32.2 Å². The summed E-state index contributed by atoms with van der Waals surface area (Å²) >= 11 is 0. The number of hydrogen-bond donors (Lipinski definition) is 2. The van der Waals surface area contributed by atoms with Crippen LogP contribution in [0.5, 0.6) is 0 Å². The van der Waals surface area contributed by atoms with Crippen LogP contribution >= 0.6 is 0 Å². The number of aryl methyl sites for hydroxylation is 1. The molecule has 0 saturated heterocycles. The van der Waals surface area contributed by atoms with Crippen LogP contribution in [0.1, 0.15) is 49.7 Å². The van der Waals surface area contributed by atoms with Gasteiger partial charge in [-0.3, -0.25) is 4.79 Å². The number of amides is 1. The van der Waals surface area contributed by atoms with Crippen LogP contribution in [0.15, 0.2) is 24.3 Å². The quantitative estimate of drug-likeness (QED) is 0.741. The molecule has 0 spiro atoms. The van der Waals surface area contributed by atoms with Crippen molar-refractivity contribution in [2.45, 2.75) is 44.9 Å². The average Bonchev–Trinajstić information content (AvgIpc) is 2.36. The Balaban J connectivity index is 2.51. The highest BCUT2D eigenvalue weighted by atomic mass is 16.1. The van der Waals surface area contributed by atoms with Crippen molar-refractivity contribution in [1.29, 1.82) is 0 Å². The second kappa shape index (κ2) is 7.88. The van der Waals surface area contributed by atoms with Gasteiger partial charge in [-0.1, -0.05) is 31.2 Å². The molecule has 0 saturated carbocycles. The Labute approximate surface area is 110 Å². The number of rotatable bonds is 8. The molecule has 3 nitrogen and oxygen atoms in total. The van der Waals surface area contributed by atoms with Crippen LogP contribution in [0.2, 0.25) is 0 Å². The predicted octanol–water partition coefficient (Wildman–Crippen LogP) is 2.34. The number of primary amides is 1. The fourth-order valence-electron chi connectivity index (χ4n) is 2.11. The molecule has 0 aliphatic rings. The Kier molecular flexibility index (Phi) is 6.44. The maximum Gasteiger partial charge on any atom is 0.217 e. The molecule has 100 valence electrons. The lowest BCUT2D eigenvalue weighted by atomic mass is 9.93. The Morgan fingerprint density at radius 1 is 1.33 bits per heavy atom. The highest BCUT2D eigenvalue weighted by Crippen LogP contribution is 2.22. The molecule has 1 amide bonds. The summed E-state index contributed by atoms with van der Waals surface area (Å²) in [6, 6.07) is 8.66. The van der Waals surface area contributed by atoms with Crippen LogP contribution in [-0.4, -0.2) is 12.5 Å². The van der Waals surface area contributed by atoms with Crippen molar-refractivity contribution in [3.05, 3.63) is 35.4 Å². The van der Waals surface area contributed by atoms with E-state index in [0.29, 0.717) is 12.3 Å². The summed E-state index contributed by atoms with van der Waals surface area (Å²) in [4.78, 5) is 10.7. The standard InChI is InChI=1S/C15H24N2O/c1-12(5-2-9-15(17)18)14-8-3-6-13(11-14)7-4-10-16/h3,6,8,11-12H,2,4-5,7,9-10,16H2,1H3,(H2,17,18). The van der Waals surface area contributed by atoms with E-state index in [2.05, 4.69) is 31.2 Å². The number of carbonyl (C=O) groups is 1. The first-order valence-electron chi connectivity index (χ1n) is 6.70. The van der Waals surface area contributed by atoms with E-state index in [1.807, 2.05) is 0 Å². The largest absolute Gasteiger partial charge is 0.370 e. The van der Waals surface area contributed by atoms with Crippen molar-refractivity contribution < 1.29 is 4.79 Å². The highest BCUT2D eigenvalue weighted by Gasteiger charge is 2.07. The molecule has 3 heteroatoms. The maximum absolute atomic E-state index is 10.7. The van der Waals surface area contributed by atoms with Gasteiger partial charge in [-0.2, -0.15) is 0 Å². The number of hydrogen-bond acceptors (Lipinski definition) is 2. The third-order valence-corrected chi connectivity index (χ3v) is 3.25. The summed E-state index contributed by atoms with van der Waals surface area (Å²) in [6.07, 6.45) is 4.42. The Morgan fingerprint density at radius 2 is 2.11 bits per heavy atom. The van der Waals surface area contributed by atoms with Gasteiger partial charge in [-0.25, -0.2) is 0 Å². The van der Waals surface area contributed by atoms with Gasteiger partial charge in [0.25, 0.3) is 0 Å². The Bertz CT molecular complexity index is 377. The molecular formula is C15H24N2O. The third kappa shape index (κ3) is 5.32. The molecule has 1 unspecified atom stereocenters. The van der Waals surface area contributed by atoms with Gasteiger partial charge in [0.05, 0.1) is 0 Å². The zero-order chi connectivity index (χ0) is 13.4. The summed E-state index contributed by atoms with van der Waals surface area (Å²) in [6.45, 7) is 2.93. The number of nitrogens with two attached hydrogens (primary N) is 2. The first-order valence-corrected chi connectivity index (χ1v) is 6.70. The fourth-order valence-corrected chi connectivity index (χ4v) is 2.11. The first kappa shape index (κ1) is 14.7. The van der Waals surface area contributed by atoms with Gasteiger partial charge in [-0.05, 0) is 49.3 Å². The van der Waals surface area contributed by atoms with Crippen LogP contribution < -0.4 is 11.5 Å². The SMILES string of the molecule is CC(CCCC(N)=O)c1cccc(CCCN)c1. The molecule has 1 rings (SSSR count). The lowest BCUT2D eigenvalue weighted by Gasteiger charge is -2.12. The molecule has 0 fully saturated rings. The fraction of sp³-hybridized carbons (Fsp3) is 0.533. The van der Waals surface area contributed by atoms with Crippen LogP contribution in [0.3, 0.4) is 0 Å². The van der Waals surface area contributed by atoms with E-state index in [1.54, 1.807) is 0 Å². The van der Waals surface area contributed by atoms with Crippen molar-refractivity contribution in [2.75, 3.05) is 6.54 Å². The molecule has 18 heavy (non-hydrogen) atoms. The molecule has 0 heterocycles. The van der Waals surface area contributed by atoms with Crippen molar-refractivity contribution >= 4 is 5.91 Å². The summed E-state index contributed by atoms with van der Waals surface area (Å²) in [5, 5.41) is 0. The van der Waals surface area contributed by atoms with E-state index < -0.39 is 0 Å². The first-order chi connectivity index (χ1) is 8.63. The van der Waals surface area contributed by atoms with Crippen LogP contribution in [0, 0.1) is 0 Å². The van der Waals surface area contributed by atoms with E-state index in [9.17, 15) is 4.79 Å². The van der Waals surface area contributed by atoms with Gasteiger partial charge in [-0.15, -0.1) is 0 Å². The smallest absolute Gasteiger partial charge is 0.217 e. The monoisotopic (exact) mass is 248 g/mol. The van der Waals surface area contributed by atoms with Gasteiger partial charge >= 0.3 is 0 Å². The molecule has 1 aromatic rings. The Hall–Kier alpha value is -1.35. The number of benzene rings is 1. The highest BCUT2D eigenvalue weighted by molar-refractivity contribution is 5.73. The third-order valence-electron chi connectivity index (χ3n) is 3.25. The lowest BCUT2D eigenvalue weighted by Crippen LogP contribution is -2.10. The summed E-state index contributed by atoms with van der Waals surface area (Å²) < 4.78 is 0. The van der Waals surface area contributed by atoms with Gasteiger partial charge < -0.3 is 11.5 Å². The van der Waals surface area contributed by atoms with Gasteiger partial charge in [0.15, 0.2) is 0 Å². The van der Waals surface area contributed by atoms with Gasteiger partial charge in [0.1, 0.15) is 0 Å². The van der Waals surface area contributed by atoms with Crippen molar-refractivity contribution in [3.8, 4) is 0 Å². The zero-order valence-electron chi connectivity index (χ0n) is 11.2. The van der Waals surface area contributed by atoms with Crippen LogP contribution in [0.25, 0.3) is 0 Å². The molecule has 1 atom stereocenters. The molecule has 0 aromatic heterocycles. The minimum atomic E-state index is -0.209. The van der Waals surface area contributed by atoms with E-state index in [1.165, 1.54) is 11.1 Å². The van der Waals surface area contributed by atoms with Crippen molar-refractivity contribution in [1.82, 2.24) is 0 Å². The second-order valence-electron chi connectivity index (χ2n) is 4.90. The topological polar surface area (TPSA) is 69.1 Å². The van der Waals surface area contributed by atoms with Crippen molar-refractivity contribution in [3.63, 3.8) is 0 Å². The summed E-state index contributed by atoms with van der Waals surface area (Å²) in [7, 11) is 0. The second-order valence-corrected chi connectivity index (χ2v) is 4.90. The van der Waals surface area contributed by atoms with E-state index in [-0.39, 0.29) is 5.91 Å². The zero-order valence-corrected chi connectivity index (χ0v) is 11.2. The lowest BCUT2D eigenvalue weighted by molar-refractivity contribution is -0.118. The minimum absolute atomic E-state index is 0.209. The molecule has 0 radical (unpaired) electrons. The van der Waals surface area contributed by atoms with Crippen molar-refractivity contribution in [2.24, 2.45) is 11.5 Å². The molecule has 4 N–H and O–H groups in total. The molecular weight excluding hydrogens is 224 g/mol. The predicted molar refractivity (Wildman–Crippen MR) is 75.3 cm³/mol.